The third-order valence-electron chi connectivity index (χ3n) is 5.40. The number of rotatable bonds is 4. The van der Waals surface area contributed by atoms with Crippen molar-refractivity contribution in [2.45, 2.75) is 13.8 Å². The molecular formula is C23H21N7O2. The topological polar surface area (TPSA) is 127 Å². The molecule has 0 bridgehead atoms. The van der Waals surface area contributed by atoms with E-state index in [0.717, 1.165) is 27.6 Å². The zero-order chi connectivity index (χ0) is 22.4. The Bertz CT molecular complexity index is 1510. The molecule has 3 heterocycles. The van der Waals surface area contributed by atoms with E-state index in [0.29, 0.717) is 34.2 Å². The van der Waals surface area contributed by atoms with Crippen LogP contribution in [-0.4, -0.2) is 30.2 Å². The van der Waals surface area contributed by atoms with Crippen molar-refractivity contribution in [3.05, 3.63) is 70.1 Å². The molecule has 0 spiro atoms. The second-order valence-corrected chi connectivity index (χ2v) is 7.82. The van der Waals surface area contributed by atoms with Gasteiger partial charge in [-0.15, -0.1) is 10.2 Å². The fraction of sp³-hybridized carbons (Fsp3) is 0.130. The molecule has 0 aliphatic rings. The highest BCUT2D eigenvalue weighted by molar-refractivity contribution is 5.97. The van der Waals surface area contributed by atoms with E-state index in [1.165, 1.54) is 0 Å². The predicted octanol–water partition coefficient (Wildman–Crippen LogP) is 3.71. The van der Waals surface area contributed by atoms with Gasteiger partial charge in [0.25, 0.3) is 5.56 Å². The van der Waals surface area contributed by atoms with Crippen molar-refractivity contribution < 1.29 is 4.74 Å². The highest BCUT2D eigenvalue weighted by atomic mass is 16.5. The number of tetrazole rings is 1. The van der Waals surface area contributed by atoms with E-state index < -0.39 is 0 Å². The number of nitrogens with one attached hydrogen (secondary N) is 2. The van der Waals surface area contributed by atoms with Crippen molar-refractivity contribution >= 4 is 16.6 Å². The van der Waals surface area contributed by atoms with Gasteiger partial charge in [0.1, 0.15) is 17.0 Å². The van der Waals surface area contributed by atoms with Gasteiger partial charge in [-0.25, -0.2) is 0 Å². The Balaban J connectivity index is 1.64. The lowest BCUT2D eigenvalue weighted by Gasteiger charge is -2.12. The highest BCUT2D eigenvalue weighted by Gasteiger charge is 2.16. The quantitative estimate of drug-likeness (QED) is 0.375. The first-order valence-corrected chi connectivity index (χ1v) is 10.0. The number of nitrogen functional groups attached to an aromatic ring is 1. The predicted molar refractivity (Wildman–Crippen MR) is 123 cm³/mol. The van der Waals surface area contributed by atoms with Crippen molar-refractivity contribution in [3.8, 4) is 34.1 Å². The van der Waals surface area contributed by atoms with Gasteiger partial charge in [-0.05, 0) is 60.0 Å². The number of aryl methyl sites for hydroxylation is 3. The summed E-state index contributed by atoms with van der Waals surface area (Å²) < 4.78 is 7.65. The zero-order valence-electron chi connectivity index (χ0n) is 17.8. The number of aromatic nitrogens is 6. The summed E-state index contributed by atoms with van der Waals surface area (Å²) in [4.78, 5) is 15.9. The SMILES string of the molecule is Cc1cc(Oc2ccc(C)c(N)c2)cc(-c2cn(C)c(=O)c3[nH]c(-c4nn[nH]n4)cc23)c1. The third-order valence-corrected chi connectivity index (χ3v) is 5.40. The molecule has 9 heteroatoms. The van der Waals surface area contributed by atoms with Crippen LogP contribution >= 0.6 is 0 Å². The van der Waals surface area contributed by atoms with E-state index in [-0.39, 0.29) is 5.56 Å². The largest absolute Gasteiger partial charge is 0.457 e. The highest BCUT2D eigenvalue weighted by Crippen LogP contribution is 2.34. The van der Waals surface area contributed by atoms with Crippen molar-refractivity contribution in [2.75, 3.05) is 5.73 Å². The Kier molecular flexibility index (Phi) is 4.51. The first-order valence-electron chi connectivity index (χ1n) is 10.0. The van der Waals surface area contributed by atoms with Gasteiger partial charge in [-0.3, -0.25) is 4.79 Å². The van der Waals surface area contributed by atoms with Crippen LogP contribution in [0.3, 0.4) is 0 Å². The fourth-order valence-electron chi connectivity index (χ4n) is 3.74. The van der Waals surface area contributed by atoms with Crippen LogP contribution < -0.4 is 16.0 Å². The minimum atomic E-state index is -0.141. The number of hydrogen-bond acceptors (Lipinski definition) is 6. The molecule has 0 saturated heterocycles. The van der Waals surface area contributed by atoms with E-state index in [2.05, 4.69) is 31.7 Å². The number of H-pyrrole nitrogens is 2. The molecule has 0 saturated carbocycles. The van der Waals surface area contributed by atoms with Gasteiger partial charge in [0.05, 0.1) is 5.69 Å². The van der Waals surface area contributed by atoms with E-state index in [4.69, 9.17) is 10.5 Å². The summed E-state index contributed by atoms with van der Waals surface area (Å²) in [5.41, 5.74) is 11.5. The van der Waals surface area contributed by atoms with Gasteiger partial charge in [-0.1, -0.05) is 12.1 Å². The van der Waals surface area contributed by atoms with Gasteiger partial charge in [0.15, 0.2) is 0 Å². The van der Waals surface area contributed by atoms with E-state index in [1.807, 2.05) is 56.4 Å². The summed E-state index contributed by atoms with van der Waals surface area (Å²) in [5, 5.41) is 14.8. The smallest absolute Gasteiger partial charge is 0.274 e. The van der Waals surface area contributed by atoms with Gasteiger partial charge in [0.2, 0.25) is 5.82 Å². The number of aromatic amines is 2. The molecule has 32 heavy (non-hydrogen) atoms. The van der Waals surface area contributed by atoms with Crippen LogP contribution in [-0.2, 0) is 7.05 Å². The number of ether oxygens (including phenoxy) is 1. The summed E-state index contributed by atoms with van der Waals surface area (Å²) in [7, 11) is 1.72. The number of fused-ring (bicyclic) bond motifs is 1. The average Bonchev–Trinajstić information content (AvgIpc) is 3.43. The molecule has 9 nitrogen and oxygen atoms in total. The summed E-state index contributed by atoms with van der Waals surface area (Å²) in [6, 6.07) is 13.4. The molecule has 0 aliphatic heterocycles. The summed E-state index contributed by atoms with van der Waals surface area (Å²) in [6.45, 7) is 3.95. The summed E-state index contributed by atoms with van der Waals surface area (Å²) in [6.07, 6.45) is 1.82. The van der Waals surface area contributed by atoms with E-state index in [1.54, 1.807) is 11.6 Å². The molecule has 5 rings (SSSR count). The lowest BCUT2D eigenvalue weighted by atomic mass is 10.0. The molecule has 0 unspecified atom stereocenters. The molecule has 5 aromatic rings. The van der Waals surface area contributed by atoms with Gasteiger partial charge < -0.3 is 20.0 Å². The lowest BCUT2D eigenvalue weighted by molar-refractivity contribution is 0.482. The first-order chi connectivity index (χ1) is 15.4. The molecule has 4 N–H and O–H groups in total. The van der Waals surface area contributed by atoms with E-state index >= 15 is 0 Å². The number of benzene rings is 2. The maximum absolute atomic E-state index is 12.8. The third kappa shape index (κ3) is 3.39. The van der Waals surface area contributed by atoms with Crippen LogP contribution in [0.4, 0.5) is 5.69 Å². The Morgan fingerprint density at radius 1 is 1.06 bits per heavy atom. The Morgan fingerprint density at radius 3 is 2.66 bits per heavy atom. The van der Waals surface area contributed by atoms with E-state index in [9.17, 15) is 4.79 Å². The van der Waals surface area contributed by atoms with Crippen LogP contribution in [0, 0.1) is 13.8 Å². The van der Waals surface area contributed by atoms with Crippen LogP contribution in [0.5, 0.6) is 11.5 Å². The lowest BCUT2D eigenvalue weighted by Crippen LogP contribution is -2.16. The van der Waals surface area contributed by atoms with Crippen LogP contribution in [0.1, 0.15) is 11.1 Å². The minimum absolute atomic E-state index is 0.141. The maximum Gasteiger partial charge on any atom is 0.274 e. The molecule has 0 atom stereocenters. The molecule has 0 amide bonds. The van der Waals surface area contributed by atoms with Crippen molar-refractivity contribution in [1.82, 2.24) is 30.2 Å². The number of nitrogens with zero attached hydrogens (tertiary/aromatic N) is 4. The Morgan fingerprint density at radius 2 is 1.91 bits per heavy atom. The fourth-order valence-corrected chi connectivity index (χ4v) is 3.74. The number of hydrogen-bond donors (Lipinski definition) is 3. The van der Waals surface area contributed by atoms with Crippen molar-refractivity contribution in [3.63, 3.8) is 0 Å². The summed E-state index contributed by atoms with van der Waals surface area (Å²) in [5.74, 6) is 1.73. The first kappa shape index (κ1) is 19.6. The number of pyridine rings is 1. The normalized spacial score (nSPS) is 11.2. The van der Waals surface area contributed by atoms with Crippen molar-refractivity contribution in [1.29, 1.82) is 0 Å². The van der Waals surface area contributed by atoms with Crippen molar-refractivity contribution in [2.24, 2.45) is 7.05 Å². The molecule has 0 fully saturated rings. The molecule has 0 radical (unpaired) electrons. The molecular weight excluding hydrogens is 406 g/mol. The summed E-state index contributed by atoms with van der Waals surface area (Å²) >= 11 is 0. The van der Waals surface area contributed by atoms with Crippen LogP contribution in [0.2, 0.25) is 0 Å². The monoisotopic (exact) mass is 427 g/mol. The second-order valence-electron chi connectivity index (χ2n) is 7.82. The second kappa shape index (κ2) is 7.38. The zero-order valence-corrected chi connectivity index (χ0v) is 17.8. The van der Waals surface area contributed by atoms with Gasteiger partial charge >= 0.3 is 0 Å². The minimum Gasteiger partial charge on any atom is -0.457 e. The Labute approximate surface area is 182 Å². The molecule has 0 aliphatic carbocycles. The average molecular weight is 427 g/mol. The molecule has 160 valence electrons. The number of nitrogens with two attached hydrogens (primary N) is 1. The Hall–Kier alpha value is -4.40. The molecule has 2 aromatic carbocycles. The molecule has 3 aromatic heterocycles. The van der Waals surface area contributed by atoms with Crippen LogP contribution in [0.25, 0.3) is 33.5 Å². The standard InChI is InChI=1S/C23H21N7O2/c1-12-6-14(8-16(7-12)32-15-5-4-13(2)19(24)9-15)18-11-30(3)23(31)21-17(18)10-20(25-21)22-26-28-29-27-22/h4-11,25H,24H2,1-3H3,(H,26,27,28,29). The number of anilines is 1. The maximum atomic E-state index is 12.8. The van der Waals surface area contributed by atoms with Gasteiger partial charge in [-0.2, -0.15) is 5.21 Å². The van der Waals surface area contributed by atoms with Crippen LogP contribution in [0.15, 0.2) is 53.5 Å². The van der Waals surface area contributed by atoms with Gasteiger partial charge in [0, 0.05) is 35.9 Å².